The second-order valence-electron chi connectivity index (χ2n) is 4.94. The molecule has 1 saturated heterocycles. The summed E-state index contributed by atoms with van der Waals surface area (Å²) in [5.41, 5.74) is 0. The van der Waals surface area contributed by atoms with E-state index in [4.69, 9.17) is 16.7 Å². The number of hydrogen-bond acceptors (Lipinski definition) is 5. The van der Waals surface area contributed by atoms with Crippen LogP contribution in [0.5, 0.6) is 0 Å². The third-order valence-electron chi connectivity index (χ3n) is 3.31. The van der Waals surface area contributed by atoms with Crippen molar-refractivity contribution in [3.8, 4) is 0 Å². The molecule has 7 nitrogen and oxygen atoms in total. The molecular formula is C12H14ClNO6S2. The Hall–Kier alpha value is -1.16. The maximum absolute atomic E-state index is 12.6. The first-order valence-electron chi connectivity index (χ1n) is 6.31. The quantitative estimate of drug-likeness (QED) is 0.834. The summed E-state index contributed by atoms with van der Waals surface area (Å²) < 4.78 is 49.5. The topological polar surface area (TPSA) is 109 Å². The van der Waals surface area contributed by atoms with Crippen LogP contribution in [0.4, 0.5) is 0 Å². The van der Waals surface area contributed by atoms with Crippen LogP contribution in [0.25, 0.3) is 0 Å². The number of halogens is 1. The fraction of sp³-hybridized carbons (Fsp3) is 0.417. The van der Waals surface area contributed by atoms with Crippen molar-refractivity contribution in [3.05, 3.63) is 29.3 Å². The van der Waals surface area contributed by atoms with E-state index in [9.17, 15) is 21.6 Å². The molecule has 1 aliphatic rings. The summed E-state index contributed by atoms with van der Waals surface area (Å²) in [6, 6.07) is 4.30. The first-order chi connectivity index (χ1) is 10.1. The van der Waals surface area contributed by atoms with Gasteiger partial charge in [-0.25, -0.2) is 16.8 Å². The van der Waals surface area contributed by atoms with E-state index < -0.39 is 44.0 Å². The van der Waals surface area contributed by atoms with Crippen molar-refractivity contribution in [2.24, 2.45) is 0 Å². The Morgan fingerprint density at radius 1 is 1.32 bits per heavy atom. The number of rotatable bonds is 4. The number of nitrogens with zero attached hydrogens (tertiary/aromatic N) is 1. The Labute approximate surface area is 133 Å². The molecule has 0 spiro atoms. The fourth-order valence-corrected chi connectivity index (χ4v) is 5.78. The Balaban J connectivity index is 2.38. The molecule has 0 aliphatic carbocycles. The number of carboxylic acid groups (broad SMARTS) is 1. The number of carbonyl (C=O) groups is 1. The van der Waals surface area contributed by atoms with Crippen molar-refractivity contribution < 1.29 is 26.7 Å². The molecule has 10 heteroatoms. The molecule has 0 radical (unpaired) electrons. The summed E-state index contributed by atoms with van der Waals surface area (Å²) in [5.74, 6) is -2.07. The van der Waals surface area contributed by atoms with Gasteiger partial charge in [0.2, 0.25) is 10.0 Å². The van der Waals surface area contributed by atoms with Gasteiger partial charge in [0.05, 0.1) is 22.8 Å². The molecule has 1 N–H and O–H groups in total. The van der Waals surface area contributed by atoms with E-state index in [-0.39, 0.29) is 17.2 Å². The highest BCUT2D eigenvalue weighted by Gasteiger charge is 2.39. The van der Waals surface area contributed by atoms with Gasteiger partial charge >= 0.3 is 5.97 Å². The van der Waals surface area contributed by atoms with Gasteiger partial charge in [0.15, 0.2) is 9.84 Å². The number of hydrogen-bond donors (Lipinski definition) is 1. The molecule has 22 heavy (non-hydrogen) atoms. The van der Waals surface area contributed by atoms with Crippen LogP contribution in [0.1, 0.15) is 6.42 Å². The molecule has 0 amide bonds. The van der Waals surface area contributed by atoms with Crippen molar-refractivity contribution in [2.45, 2.75) is 17.4 Å². The van der Waals surface area contributed by atoms with E-state index in [2.05, 4.69) is 0 Å². The van der Waals surface area contributed by atoms with Gasteiger partial charge in [-0.15, -0.1) is 0 Å². The van der Waals surface area contributed by atoms with Crippen molar-refractivity contribution in [1.82, 2.24) is 4.31 Å². The third-order valence-corrected chi connectivity index (χ3v) is 7.22. The molecule has 1 fully saturated rings. The van der Waals surface area contributed by atoms with Gasteiger partial charge in [-0.05, 0) is 24.3 Å². The van der Waals surface area contributed by atoms with E-state index in [0.29, 0.717) is 5.02 Å². The van der Waals surface area contributed by atoms with Crippen LogP contribution < -0.4 is 0 Å². The van der Waals surface area contributed by atoms with E-state index in [1.807, 2.05) is 0 Å². The summed E-state index contributed by atoms with van der Waals surface area (Å²) in [6.07, 6.45) is -0.563. The number of carboxylic acids is 1. The highest BCUT2D eigenvalue weighted by atomic mass is 35.5. The largest absolute Gasteiger partial charge is 0.481 e. The zero-order valence-electron chi connectivity index (χ0n) is 11.3. The van der Waals surface area contributed by atoms with Crippen LogP contribution in [0.2, 0.25) is 5.02 Å². The summed E-state index contributed by atoms with van der Waals surface area (Å²) >= 11 is 5.72. The maximum atomic E-state index is 12.6. The van der Waals surface area contributed by atoms with Gasteiger partial charge in [0, 0.05) is 17.6 Å². The standard InChI is InChI=1S/C12H14ClNO6S2/c13-9-1-3-11(4-2-9)22(19,20)14-5-6-21(17,18)8-10(14)7-12(15)16/h1-4,10H,5-8H2,(H,15,16). The summed E-state index contributed by atoms with van der Waals surface area (Å²) in [7, 11) is -7.43. The lowest BCUT2D eigenvalue weighted by atomic mass is 10.2. The predicted molar refractivity (Wildman–Crippen MR) is 80.0 cm³/mol. The molecule has 1 aromatic carbocycles. The molecule has 1 aromatic rings. The molecule has 122 valence electrons. The van der Waals surface area contributed by atoms with Crippen molar-refractivity contribution in [2.75, 3.05) is 18.1 Å². The summed E-state index contributed by atoms with van der Waals surface area (Å²) in [5, 5.41) is 9.26. The average molecular weight is 368 g/mol. The highest BCUT2D eigenvalue weighted by molar-refractivity contribution is 7.92. The van der Waals surface area contributed by atoms with Gasteiger partial charge < -0.3 is 5.11 Å². The van der Waals surface area contributed by atoms with Crippen molar-refractivity contribution in [1.29, 1.82) is 0 Å². The molecule has 1 unspecified atom stereocenters. The van der Waals surface area contributed by atoms with Crippen LogP contribution >= 0.6 is 11.6 Å². The van der Waals surface area contributed by atoms with Crippen LogP contribution in [-0.2, 0) is 24.7 Å². The van der Waals surface area contributed by atoms with Crippen molar-refractivity contribution in [3.63, 3.8) is 0 Å². The normalized spacial score (nSPS) is 22.3. The molecular weight excluding hydrogens is 354 g/mol. The lowest BCUT2D eigenvalue weighted by molar-refractivity contribution is -0.137. The number of benzene rings is 1. The zero-order valence-corrected chi connectivity index (χ0v) is 13.7. The van der Waals surface area contributed by atoms with Crippen LogP contribution in [-0.4, -0.2) is 56.3 Å². The maximum Gasteiger partial charge on any atom is 0.305 e. The molecule has 1 atom stereocenters. The fourth-order valence-electron chi connectivity index (χ4n) is 2.29. The molecule has 1 aliphatic heterocycles. The van der Waals surface area contributed by atoms with E-state index in [1.54, 1.807) is 0 Å². The van der Waals surface area contributed by atoms with E-state index in [1.165, 1.54) is 24.3 Å². The van der Waals surface area contributed by atoms with E-state index in [0.717, 1.165) is 4.31 Å². The Morgan fingerprint density at radius 3 is 2.45 bits per heavy atom. The van der Waals surface area contributed by atoms with E-state index >= 15 is 0 Å². The number of sulfonamides is 1. The van der Waals surface area contributed by atoms with Gasteiger partial charge in [0.25, 0.3) is 0 Å². The monoisotopic (exact) mass is 367 g/mol. The van der Waals surface area contributed by atoms with Gasteiger partial charge in [0.1, 0.15) is 0 Å². The first kappa shape index (κ1) is 17.2. The van der Waals surface area contributed by atoms with Gasteiger partial charge in [-0.2, -0.15) is 4.31 Å². The number of aliphatic carboxylic acids is 1. The number of sulfone groups is 1. The van der Waals surface area contributed by atoms with Gasteiger partial charge in [-0.1, -0.05) is 11.6 Å². The smallest absolute Gasteiger partial charge is 0.305 e. The molecule has 1 heterocycles. The minimum atomic E-state index is -3.98. The van der Waals surface area contributed by atoms with Gasteiger partial charge in [-0.3, -0.25) is 4.79 Å². The van der Waals surface area contributed by atoms with Crippen LogP contribution in [0.15, 0.2) is 29.2 Å². The minimum Gasteiger partial charge on any atom is -0.481 e. The highest BCUT2D eigenvalue weighted by Crippen LogP contribution is 2.25. The molecule has 0 aromatic heterocycles. The Kier molecular flexibility index (Phi) is 4.81. The second kappa shape index (κ2) is 6.15. The lowest BCUT2D eigenvalue weighted by Crippen LogP contribution is -2.51. The molecule has 0 bridgehead atoms. The van der Waals surface area contributed by atoms with Crippen LogP contribution in [0, 0.1) is 0 Å². The third kappa shape index (κ3) is 3.78. The average Bonchev–Trinajstić information content (AvgIpc) is 2.37. The SMILES string of the molecule is O=C(O)CC1CS(=O)(=O)CCN1S(=O)(=O)c1ccc(Cl)cc1. The van der Waals surface area contributed by atoms with Crippen LogP contribution in [0.3, 0.4) is 0 Å². The molecule has 2 rings (SSSR count). The predicted octanol–water partition coefficient (Wildman–Crippen LogP) is 0.602. The molecule has 0 saturated carbocycles. The zero-order chi connectivity index (χ0) is 16.5. The first-order valence-corrected chi connectivity index (χ1v) is 9.95. The lowest BCUT2D eigenvalue weighted by Gasteiger charge is -2.33. The Morgan fingerprint density at radius 2 is 1.91 bits per heavy atom. The minimum absolute atomic E-state index is 0.0495. The Bertz CT molecular complexity index is 772. The van der Waals surface area contributed by atoms with Crippen molar-refractivity contribution >= 4 is 37.4 Å². The second-order valence-corrected chi connectivity index (χ2v) is 9.49. The summed E-state index contributed by atoms with van der Waals surface area (Å²) in [4.78, 5) is 10.8. The summed E-state index contributed by atoms with van der Waals surface area (Å²) in [6.45, 7) is -0.259.